The van der Waals surface area contributed by atoms with Crippen molar-refractivity contribution in [3.8, 4) is 0 Å². The first-order chi connectivity index (χ1) is 15.8. The van der Waals surface area contributed by atoms with E-state index < -0.39 is 27.0 Å². The lowest BCUT2D eigenvalue weighted by Crippen LogP contribution is -2.31. The van der Waals surface area contributed by atoms with Gasteiger partial charge >= 0.3 is 0 Å². The second-order valence-electron chi connectivity index (χ2n) is 7.21. The van der Waals surface area contributed by atoms with E-state index in [-0.39, 0.29) is 40.0 Å². The fourth-order valence-electron chi connectivity index (χ4n) is 3.31. The minimum atomic E-state index is -3.84. The number of rotatable bonds is 7. The van der Waals surface area contributed by atoms with Crippen LogP contribution in [0.15, 0.2) is 93.3 Å². The van der Waals surface area contributed by atoms with Crippen molar-refractivity contribution in [3.05, 3.63) is 99.6 Å². The van der Waals surface area contributed by atoms with E-state index in [0.29, 0.717) is 0 Å². The molecule has 0 saturated carbocycles. The molecule has 4 rings (SSSR count). The van der Waals surface area contributed by atoms with Gasteiger partial charge in [0.25, 0.3) is 21.1 Å². The normalized spacial score (nSPS) is 11.3. The number of aromatic nitrogens is 2. The summed E-state index contributed by atoms with van der Waals surface area (Å²) in [4.78, 5) is 37.4. The zero-order valence-electron chi connectivity index (χ0n) is 17.3. The van der Waals surface area contributed by atoms with Crippen LogP contribution in [0.3, 0.4) is 0 Å². The van der Waals surface area contributed by atoms with Crippen molar-refractivity contribution < 1.29 is 13.2 Å². The molecule has 1 aromatic heterocycles. The van der Waals surface area contributed by atoms with E-state index >= 15 is 0 Å². The van der Waals surface area contributed by atoms with Crippen LogP contribution in [0, 0.1) is 0 Å². The number of sulfonamides is 1. The average Bonchev–Trinajstić information content (AvgIpc) is 2.82. The van der Waals surface area contributed by atoms with Gasteiger partial charge in [-0.3, -0.25) is 24.2 Å². The molecule has 33 heavy (non-hydrogen) atoms. The molecule has 1 heterocycles. The van der Waals surface area contributed by atoms with Gasteiger partial charge in [-0.15, -0.1) is 0 Å². The molecule has 0 aliphatic rings. The number of hydrogen-bond donors (Lipinski definition) is 3. The van der Waals surface area contributed by atoms with E-state index in [1.54, 1.807) is 60.7 Å². The zero-order chi connectivity index (χ0) is 23.4. The number of anilines is 2. The van der Waals surface area contributed by atoms with Gasteiger partial charge in [0.05, 0.1) is 33.6 Å². The molecule has 0 unspecified atom stereocenters. The number of fused-ring (bicyclic) bond motifs is 1. The van der Waals surface area contributed by atoms with Crippen LogP contribution in [0.1, 0.15) is 6.42 Å². The SMILES string of the molecule is O=C(CCn1[nH]c(=O)c2ccccc2c1=O)Nc1ccccc1NS(=O)(=O)c1ccccc1. The van der Waals surface area contributed by atoms with Gasteiger partial charge in [-0.05, 0) is 36.4 Å². The van der Waals surface area contributed by atoms with Crippen molar-refractivity contribution in [3.63, 3.8) is 0 Å². The molecule has 0 fully saturated rings. The van der Waals surface area contributed by atoms with Crippen molar-refractivity contribution in [1.29, 1.82) is 0 Å². The minimum absolute atomic E-state index is 0.0529. The standard InChI is InChI=1S/C23H20N4O5S/c28-21(14-15-27-23(30)18-11-5-4-10-17(18)22(29)25-27)24-19-12-6-7-13-20(19)26-33(31,32)16-8-2-1-3-9-16/h1-13,26H,14-15H2,(H,24,28)(H,25,29). The maximum Gasteiger partial charge on any atom is 0.273 e. The number of carbonyl (C=O) groups is 1. The first-order valence-electron chi connectivity index (χ1n) is 10.0. The van der Waals surface area contributed by atoms with E-state index in [9.17, 15) is 22.8 Å². The van der Waals surface area contributed by atoms with Gasteiger partial charge in [-0.1, -0.05) is 42.5 Å². The van der Waals surface area contributed by atoms with Crippen molar-refractivity contribution >= 4 is 38.1 Å². The predicted molar refractivity (Wildman–Crippen MR) is 126 cm³/mol. The van der Waals surface area contributed by atoms with Crippen molar-refractivity contribution in [1.82, 2.24) is 9.78 Å². The summed E-state index contributed by atoms with van der Waals surface area (Å²) < 4.78 is 28.8. The Labute approximate surface area is 188 Å². The molecule has 3 aromatic carbocycles. The van der Waals surface area contributed by atoms with Crippen molar-refractivity contribution in [2.75, 3.05) is 10.0 Å². The molecule has 0 spiro atoms. The Balaban J connectivity index is 1.49. The quantitative estimate of drug-likeness (QED) is 0.387. The number of amides is 1. The molecule has 0 radical (unpaired) electrons. The van der Waals surface area contributed by atoms with Crippen LogP contribution >= 0.6 is 0 Å². The highest BCUT2D eigenvalue weighted by Crippen LogP contribution is 2.24. The first kappa shape index (κ1) is 22.0. The van der Waals surface area contributed by atoms with E-state index in [1.165, 1.54) is 18.2 Å². The second-order valence-corrected chi connectivity index (χ2v) is 8.89. The van der Waals surface area contributed by atoms with Gasteiger partial charge in [0.1, 0.15) is 0 Å². The van der Waals surface area contributed by atoms with Crippen molar-refractivity contribution in [2.45, 2.75) is 17.9 Å². The number of carbonyl (C=O) groups excluding carboxylic acids is 1. The van der Waals surface area contributed by atoms with Gasteiger partial charge < -0.3 is 5.32 Å². The van der Waals surface area contributed by atoms with Crippen LogP contribution in [0.2, 0.25) is 0 Å². The summed E-state index contributed by atoms with van der Waals surface area (Å²) >= 11 is 0. The predicted octanol–water partition coefficient (Wildman–Crippen LogP) is 2.52. The molecule has 0 aliphatic carbocycles. The molecular formula is C23H20N4O5S. The Hall–Kier alpha value is -4.18. The number of hydrogen-bond acceptors (Lipinski definition) is 5. The summed E-state index contributed by atoms with van der Waals surface area (Å²) in [5.74, 6) is -0.456. The summed E-state index contributed by atoms with van der Waals surface area (Å²) in [5, 5.41) is 5.67. The Morgan fingerprint density at radius 1 is 0.818 bits per heavy atom. The lowest BCUT2D eigenvalue weighted by Gasteiger charge is -2.14. The molecule has 0 aliphatic heterocycles. The van der Waals surface area contributed by atoms with Crippen molar-refractivity contribution in [2.24, 2.45) is 0 Å². The molecule has 10 heteroatoms. The Morgan fingerprint density at radius 2 is 1.42 bits per heavy atom. The molecule has 168 valence electrons. The second kappa shape index (κ2) is 9.13. The summed E-state index contributed by atoms with van der Waals surface area (Å²) in [5.41, 5.74) is -0.368. The Morgan fingerprint density at radius 3 is 2.15 bits per heavy atom. The highest BCUT2D eigenvalue weighted by molar-refractivity contribution is 7.92. The maximum absolute atomic E-state index is 12.6. The van der Waals surface area contributed by atoms with E-state index in [0.717, 1.165) is 4.68 Å². The highest BCUT2D eigenvalue weighted by atomic mass is 32.2. The molecule has 9 nitrogen and oxygen atoms in total. The highest BCUT2D eigenvalue weighted by Gasteiger charge is 2.16. The maximum atomic E-state index is 12.6. The summed E-state index contributed by atoms with van der Waals surface area (Å²) in [6, 6.07) is 20.7. The molecule has 0 atom stereocenters. The third-order valence-corrected chi connectivity index (χ3v) is 6.33. The van der Waals surface area contributed by atoms with Gasteiger partial charge in [0.2, 0.25) is 5.91 Å². The first-order valence-corrected chi connectivity index (χ1v) is 11.5. The van der Waals surface area contributed by atoms with Crippen LogP contribution in [-0.4, -0.2) is 24.1 Å². The van der Waals surface area contributed by atoms with E-state index in [4.69, 9.17) is 0 Å². The fourth-order valence-corrected chi connectivity index (χ4v) is 4.42. The largest absolute Gasteiger partial charge is 0.324 e. The van der Waals surface area contributed by atoms with E-state index in [1.807, 2.05) is 0 Å². The molecule has 0 saturated heterocycles. The number of aromatic amines is 1. The number of benzene rings is 3. The zero-order valence-corrected chi connectivity index (χ0v) is 18.1. The van der Waals surface area contributed by atoms with Crippen LogP contribution in [-0.2, 0) is 21.4 Å². The Bertz CT molecular complexity index is 1540. The average molecular weight is 465 g/mol. The monoisotopic (exact) mass is 464 g/mol. The molecule has 4 aromatic rings. The number of H-pyrrole nitrogens is 1. The summed E-state index contributed by atoms with van der Waals surface area (Å²) in [7, 11) is -3.84. The van der Waals surface area contributed by atoms with Crippen LogP contribution in [0.4, 0.5) is 11.4 Å². The van der Waals surface area contributed by atoms with E-state index in [2.05, 4.69) is 15.1 Å². The van der Waals surface area contributed by atoms with Crippen LogP contribution < -0.4 is 21.2 Å². The number of para-hydroxylation sites is 2. The third kappa shape index (κ3) is 4.85. The summed E-state index contributed by atoms with van der Waals surface area (Å²) in [6.45, 7) is -0.0529. The van der Waals surface area contributed by atoms with Gasteiger partial charge in [-0.25, -0.2) is 13.1 Å². The van der Waals surface area contributed by atoms with Gasteiger partial charge in [-0.2, -0.15) is 0 Å². The number of nitrogens with zero attached hydrogens (tertiary/aromatic N) is 1. The third-order valence-electron chi connectivity index (χ3n) is 4.95. The summed E-state index contributed by atoms with van der Waals surface area (Å²) in [6.07, 6.45) is -0.117. The topological polar surface area (TPSA) is 130 Å². The van der Waals surface area contributed by atoms with Gasteiger partial charge in [0, 0.05) is 6.42 Å². The molecule has 3 N–H and O–H groups in total. The lowest BCUT2D eigenvalue weighted by molar-refractivity contribution is -0.116. The smallest absolute Gasteiger partial charge is 0.273 e. The molecule has 0 bridgehead atoms. The van der Waals surface area contributed by atoms with Crippen LogP contribution in [0.25, 0.3) is 10.8 Å². The Kier molecular flexibility index (Phi) is 6.09. The number of nitrogens with one attached hydrogen (secondary N) is 3. The van der Waals surface area contributed by atoms with Gasteiger partial charge in [0.15, 0.2) is 0 Å². The van der Waals surface area contributed by atoms with Crippen LogP contribution in [0.5, 0.6) is 0 Å². The molecule has 1 amide bonds. The minimum Gasteiger partial charge on any atom is -0.324 e. The fraction of sp³-hybridized carbons (Fsp3) is 0.0870. The lowest BCUT2D eigenvalue weighted by atomic mass is 10.2. The number of aryl methyl sites for hydroxylation is 1. The molecular weight excluding hydrogens is 444 g/mol.